The molecule has 1 aliphatic heterocycles. The largest absolute Gasteiger partial charge is 0.396 e. The maximum atomic E-state index is 12.1. The molecule has 6 heteroatoms. The second-order valence-electron chi connectivity index (χ2n) is 4.91. The minimum Gasteiger partial charge on any atom is -0.396 e. The lowest BCUT2D eigenvalue weighted by Gasteiger charge is -2.24. The molecular formula is C14H20N2O3S. The number of thiophene rings is 1. The summed E-state index contributed by atoms with van der Waals surface area (Å²) in [5.74, 6) is -0.227. The molecule has 2 rings (SSSR count). The van der Waals surface area contributed by atoms with E-state index >= 15 is 0 Å². The Morgan fingerprint density at radius 2 is 2.35 bits per heavy atom. The average Bonchev–Trinajstić information content (AvgIpc) is 3.12. The first-order chi connectivity index (χ1) is 9.72. The van der Waals surface area contributed by atoms with Gasteiger partial charge >= 0.3 is 0 Å². The van der Waals surface area contributed by atoms with Gasteiger partial charge in [0.2, 0.25) is 5.91 Å². The molecule has 20 heavy (non-hydrogen) atoms. The van der Waals surface area contributed by atoms with Crippen LogP contribution in [0.15, 0.2) is 17.5 Å². The summed E-state index contributed by atoms with van der Waals surface area (Å²) in [5, 5.41) is 13.4. The van der Waals surface area contributed by atoms with Crippen LogP contribution in [-0.2, 0) is 4.79 Å². The molecular weight excluding hydrogens is 276 g/mol. The minimum atomic E-state index is -0.195. The van der Waals surface area contributed by atoms with Gasteiger partial charge < -0.3 is 15.3 Å². The number of aliphatic hydroxyl groups is 1. The fourth-order valence-corrected chi connectivity index (χ4v) is 3.18. The van der Waals surface area contributed by atoms with Crippen LogP contribution in [0.5, 0.6) is 0 Å². The maximum absolute atomic E-state index is 12.1. The normalized spacial score (nSPS) is 18.2. The summed E-state index contributed by atoms with van der Waals surface area (Å²) in [5.41, 5.74) is 0. The molecule has 1 aliphatic rings. The third-order valence-corrected chi connectivity index (χ3v) is 4.41. The van der Waals surface area contributed by atoms with Gasteiger partial charge in [0, 0.05) is 19.2 Å². The van der Waals surface area contributed by atoms with Gasteiger partial charge in [0.05, 0.1) is 11.4 Å². The Morgan fingerprint density at radius 3 is 3.05 bits per heavy atom. The Hall–Kier alpha value is -1.40. The molecule has 1 aromatic rings. The third-order valence-electron chi connectivity index (χ3n) is 3.54. The molecule has 0 aromatic carbocycles. The predicted molar refractivity (Wildman–Crippen MR) is 77.7 cm³/mol. The van der Waals surface area contributed by atoms with Crippen LogP contribution in [0, 0.1) is 0 Å². The Bertz CT molecular complexity index is 447. The van der Waals surface area contributed by atoms with Crippen molar-refractivity contribution in [1.29, 1.82) is 0 Å². The van der Waals surface area contributed by atoms with E-state index in [0.29, 0.717) is 4.88 Å². The van der Waals surface area contributed by atoms with Gasteiger partial charge in [-0.15, -0.1) is 11.3 Å². The monoisotopic (exact) mass is 296 g/mol. The van der Waals surface area contributed by atoms with Gasteiger partial charge in [-0.05, 0) is 37.1 Å². The van der Waals surface area contributed by atoms with Crippen molar-refractivity contribution in [2.45, 2.75) is 31.7 Å². The smallest absolute Gasteiger partial charge is 0.261 e. The number of hydrogen-bond acceptors (Lipinski definition) is 4. The van der Waals surface area contributed by atoms with Crippen molar-refractivity contribution in [3.05, 3.63) is 22.4 Å². The van der Waals surface area contributed by atoms with E-state index in [1.165, 1.54) is 11.3 Å². The average molecular weight is 296 g/mol. The molecule has 0 saturated carbocycles. The molecule has 1 aromatic heterocycles. The van der Waals surface area contributed by atoms with E-state index in [9.17, 15) is 9.59 Å². The van der Waals surface area contributed by atoms with Crippen LogP contribution in [0.4, 0.5) is 0 Å². The lowest BCUT2D eigenvalue weighted by Crippen LogP contribution is -2.42. The summed E-state index contributed by atoms with van der Waals surface area (Å²) >= 11 is 1.36. The number of amides is 2. The summed E-state index contributed by atoms with van der Waals surface area (Å²) in [7, 11) is 0. The van der Waals surface area contributed by atoms with Gasteiger partial charge in [-0.2, -0.15) is 0 Å². The van der Waals surface area contributed by atoms with E-state index in [2.05, 4.69) is 5.32 Å². The summed E-state index contributed by atoms with van der Waals surface area (Å²) in [6.07, 6.45) is 3.54. The molecule has 0 aliphatic carbocycles. The standard InChI is InChI=1S/C14H20N2O3S/c17-8-2-5-11-4-1-7-16(11)13(18)10-15-14(19)12-6-3-9-20-12/h3,6,9,11,17H,1-2,4-5,7-8,10H2,(H,15,19). The second kappa shape index (κ2) is 7.40. The first kappa shape index (κ1) is 15.0. The SMILES string of the molecule is O=C(NCC(=O)N1CCCC1CCCO)c1cccs1. The highest BCUT2D eigenvalue weighted by Gasteiger charge is 2.28. The Balaban J connectivity index is 1.80. The molecule has 2 amide bonds. The Labute approximate surface area is 122 Å². The quantitative estimate of drug-likeness (QED) is 0.830. The molecule has 110 valence electrons. The van der Waals surface area contributed by atoms with Crippen LogP contribution >= 0.6 is 11.3 Å². The zero-order chi connectivity index (χ0) is 14.4. The fourth-order valence-electron chi connectivity index (χ4n) is 2.54. The molecule has 2 N–H and O–H groups in total. The molecule has 5 nitrogen and oxygen atoms in total. The van der Waals surface area contributed by atoms with Crippen LogP contribution in [0.2, 0.25) is 0 Å². The highest BCUT2D eigenvalue weighted by atomic mass is 32.1. The molecule has 1 fully saturated rings. The van der Waals surface area contributed by atoms with Gasteiger partial charge in [-0.1, -0.05) is 6.07 Å². The van der Waals surface area contributed by atoms with Crippen molar-refractivity contribution in [3.63, 3.8) is 0 Å². The van der Waals surface area contributed by atoms with Crippen molar-refractivity contribution in [1.82, 2.24) is 10.2 Å². The number of hydrogen-bond donors (Lipinski definition) is 2. The van der Waals surface area contributed by atoms with E-state index < -0.39 is 0 Å². The van der Waals surface area contributed by atoms with Crippen molar-refractivity contribution in [2.24, 2.45) is 0 Å². The van der Waals surface area contributed by atoms with Crippen LogP contribution < -0.4 is 5.32 Å². The van der Waals surface area contributed by atoms with Crippen molar-refractivity contribution in [3.8, 4) is 0 Å². The Kier molecular flexibility index (Phi) is 5.55. The fraction of sp³-hybridized carbons (Fsp3) is 0.571. The van der Waals surface area contributed by atoms with Crippen LogP contribution in [0.25, 0.3) is 0 Å². The maximum Gasteiger partial charge on any atom is 0.261 e. The lowest BCUT2D eigenvalue weighted by molar-refractivity contribution is -0.131. The molecule has 2 heterocycles. The predicted octanol–water partition coefficient (Wildman–Crippen LogP) is 1.24. The number of carbonyl (C=O) groups is 2. The second-order valence-corrected chi connectivity index (χ2v) is 5.86. The highest BCUT2D eigenvalue weighted by Crippen LogP contribution is 2.21. The third kappa shape index (κ3) is 3.80. The van der Waals surface area contributed by atoms with E-state index in [1.807, 2.05) is 16.3 Å². The zero-order valence-corrected chi connectivity index (χ0v) is 12.2. The number of likely N-dealkylation sites (tertiary alicyclic amines) is 1. The first-order valence-electron chi connectivity index (χ1n) is 6.94. The zero-order valence-electron chi connectivity index (χ0n) is 11.4. The van der Waals surface area contributed by atoms with Crippen LogP contribution in [0.3, 0.4) is 0 Å². The van der Waals surface area contributed by atoms with Gasteiger partial charge in [0.1, 0.15) is 0 Å². The number of nitrogens with zero attached hydrogens (tertiary/aromatic N) is 1. The van der Waals surface area contributed by atoms with Gasteiger partial charge in [0.25, 0.3) is 5.91 Å². The molecule has 1 atom stereocenters. The van der Waals surface area contributed by atoms with Gasteiger partial charge in [-0.3, -0.25) is 9.59 Å². The van der Waals surface area contributed by atoms with Crippen molar-refractivity contribution < 1.29 is 14.7 Å². The number of aliphatic hydroxyl groups excluding tert-OH is 1. The van der Waals surface area contributed by atoms with Crippen LogP contribution in [-0.4, -0.2) is 47.6 Å². The van der Waals surface area contributed by atoms with E-state index in [-0.39, 0.29) is 31.0 Å². The van der Waals surface area contributed by atoms with Gasteiger partial charge in [-0.25, -0.2) is 0 Å². The molecule has 0 spiro atoms. The topological polar surface area (TPSA) is 69.6 Å². The first-order valence-corrected chi connectivity index (χ1v) is 7.82. The number of carbonyl (C=O) groups excluding carboxylic acids is 2. The highest BCUT2D eigenvalue weighted by molar-refractivity contribution is 7.12. The van der Waals surface area contributed by atoms with Crippen LogP contribution in [0.1, 0.15) is 35.4 Å². The van der Waals surface area contributed by atoms with E-state index in [1.54, 1.807) is 6.07 Å². The summed E-state index contributed by atoms with van der Waals surface area (Å²) in [4.78, 5) is 26.4. The molecule has 1 saturated heterocycles. The van der Waals surface area contributed by atoms with E-state index in [4.69, 9.17) is 5.11 Å². The number of nitrogens with one attached hydrogen (secondary N) is 1. The molecule has 1 unspecified atom stereocenters. The van der Waals surface area contributed by atoms with E-state index in [0.717, 1.165) is 32.2 Å². The van der Waals surface area contributed by atoms with Crippen molar-refractivity contribution in [2.75, 3.05) is 19.7 Å². The minimum absolute atomic E-state index is 0.0321. The lowest BCUT2D eigenvalue weighted by atomic mass is 10.1. The summed E-state index contributed by atoms with van der Waals surface area (Å²) < 4.78 is 0. The summed E-state index contributed by atoms with van der Waals surface area (Å²) in [6.45, 7) is 0.962. The molecule has 0 radical (unpaired) electrons. The Morgan fingerprint density at radius 1 is 1.50 bits per heavy atom. The van der Waals surface area contributed by atoms with Gasteiger partial charge in [0.15, 0.2) is 0 Å². The number of rotatable bonds is 6. The molecule has 0 bridgehead atoms. The summed E-state index contributed by atoms with van der Waals surface area (Å²) in [6, 6.07) is 3.77. The van der Waals surface area contributed by atoms with Crippen molar-refractivity contribution >= 4 is 23.2 Å².